The highest BCUT2D eigenvalue weighted by molar-refractivity contribution is 6.30. The van der Waals surface area contributed by atoms with E-state index in [0.717, 1.165) is 17.9 Å². The first-order valence-corrected chi connectivity index (χ1v) is 7.07. The highest BCUT2D eigenvalue weighted by Crippen LogP contribution is 2.31. The number of alkyl halides is 2. The van der Waals surface area contributed by atoms with Crippen molar-refractivity contribution in [2.75, 3.05) is 5.32 Å². The second-order valence-electron chi connectivity index (χ2n) is 5.04. The van der Waals surface area contributed by atoms with Gasteiger partial charge in [-0.05, 0) is 48.2 Å². The molecule has 0 spiro atoms. The third-order valence-electron chi connectivity index (χ3n) is 3.56. The Balaban J connectivity index is 1.74. The number of anilines is 1. The first-order chi connectivity index (χ1) is 10.1. The van der Waals surface area contributed by atoms with Crippen molar-refractivity contribution in [2.24, 2.45) is 0 Å². The van der Waals surface area contributed by atoms with Crippen molar-refractivity contribution in [3.63, 3.8) is 0 Å². The SMILES string of the molecule is FC(F)Oc1ccccc1NC1Cc2ccc(Cl)cc2C1. The van der Waals surface area contributed by atoms with Crippen molar-refractivity contribution in [3.05, 3.63) is 58.6 Å². The van der Waals surface area contributed by atoms with Crippen LogP contribution in [0.25, 0.3) is 0 Å². The Morgan fingerprint density at radius 2 is 1.86 bits per heavy atom. The number of fused-ring (bicyclic) bond motifs is 1. The van der Waals surface area contributed by atoms with Gasteiger partial charge in [-0.2, -0.15) is 8.78 Å². The number of rotatable bonds is 4. The molecule has 0 saturated heterocycles. The van der Waals surface area contributed by atoms with Gasteiger partial charge in [0, 0.05) is 11.1 Å². The van der Waals surface area contributed by atoms with E-state index in [2.05, 4.69) is 10.1 Å². The molecule has 5 heteroatoms. The summed E-state index contributed by atoms with van der Waals surface area (Å²) in [6, 6.07) is 12.7. The van der Waals surface area contributed by atoms with Crippen LogP contribution in [-0.4, -0.2) is 12.7 Å². The largest absolute Gasteiger partial charge is 0.433 e. The maximum atomic E-state index is 12.4. The van der Waals surface area contributed by atoms with Crippen molar-refractivity contribution in [2.45, 2.75) is 25.5 Å². The molecule has 110 valence electrons. The quantitative estimate of drug-likeness (QED) is 0.896. The summed E-state index contributed by atoms with van der Waals surface area (Å²) in [6.45, 7) is -2.83. The number of hydrogen-bond donors (Lipinski definition) is 1. The summed E-state index contributed by atoms with van der Waals surface area (Å²) in [5, 5.41) is 4.00. The Morgan fingerprint density at radius 1 is 1.10 bits per heavy atom. The second kappa shape index (κ2) is 5.90. The maximum Gasteiger partial charge on any atom is 0.387 e. The van der Waals surface area contributed by atoms with E-state index in [4.69, 9.17) is 11.6 Å². The van der Waals surface area contributed by atoms with E-state index in [-0.39, 0.29) is 11.8 Å². The minimum atomic E-state index is -2.83. The van der Waals surface area contributed by atoms with E-state index in [9.17, 15) is 8.78 Å². The molecule has 0 radical (unpaired) electrons. The molecule has 0 fully saturated rings. The van der Waals surface area contributed by atoms with Crippen LogP contribution in [0.2, 0.25) is 5.02 Å². The lowest BCUT2D eigenvalue weighted by Gasteiger charge is -2.17. The van der Waals surface area contributed by atoms with Gasteiger partial charge in [0.05, 0.1) is 5.69 Å². The molecule has 0 aliphatic heterocycles. The molecule has 0 saturated carbocycles. The Hall–Kier alpha value is -1.81. The van der Waals surface area contributed by atoms with Crippen molar-refractivity contribution >= 4 is 17.3 Å². The Bertz CT molecular complexity index is 648. The predicted octanol–water partition coefficient (Wildman–Crippen LogP) is 4.52. The second-order valence-corrected chi connectivity index (χ2v) is 5.47. The van der Waals surface area contributed by atoms with E-state index in [1.54, 1.807) is 18.2 Å². The van der Waals surface area contributed by atoms with Crippen LogP contribution >= 0.6 is 11.6 Å². The first kappa shape index (κ1) is 14.1. The first-order valence-electron chi connectivity index (χ1n) is 6.69. The molecule has 2 aromatic carbocycles. The summed E-state index contributed by atoms with van der Waals surface area (Å²) >= 11 is 5.99. The number of hydrogen-bond acceptors (Lipinski definition) is 2. The number of halogens is 3. The summed E-state index contributed by atoms with van der Waals surface area (Å²) in [6.07, 6.45) is 1.66. The van der Waals surface area contributed by atoms with E-state index in [0.29, 0.717) is 5.69 Å². The summed E-state index contributed by atoms with van der Waals surface area (Å²) < 4.78 is 29.4. The van der Waals surface area contributed by atoms with Crippen LogP contribution in [0, 0.1) is 0 Å². The van der Waals surface area contributed by atoms with Crippen LogP contribution in [0.5, 0.6) is 5.75 Å². The highest BCUT2D eigenvalue weighted by Gasteiger charge is 2.22. The van der Waals surface area contributed by atoms with Crippen LogP contribution < -0.4 is 10.1 Å². The molecule has 0 bridgehead atoms. The fourth-order valence-electron chi connectivity index (χ4n) is 2.69. The van der Waals surface area contributed by atoms with E-state index >= 15 is 0 Å². The van der Waals surface area contributed by atoms with Gasteiger partial charge >= 0.3 is 6.61 Å². The summed E-state index contributed by atoms with van der Waals surface area (Å²) in [7, 11) is 0. The topological polar surface area (TPSA) is 21.3 Å². The Morgan fingerprint density at radius 3 is 2.67 bits per heavy atom. The zero-order valence-electron chi connectivity index (χ0n) is 11.2. The predicted molar refractivity (Wildman–Crippen MR) is 79.3 cm³/mol. The summed E-state index contributed by atoms with van der Waals surface area (Å²) in [5.41, 5.74) is 3.03. The molecule has 0 heterocycles. The van der Waals surface area contributed by atoms with Gasteiger partial charge in [0.1, 0.15) is 5.75 Å². The number of benzene rings is 2. The molecule has 1 aliphatic carbocycles. The van der Waals surface area contributed by atoms with Crippen molar-refractivity contribution < 1.29 is 13.5 Å². The third-order valence-corrected chi connectivity index (χ3v) is 3.80. The Labute approximate surface area is 126 Å². The molecule has 0 amide bonds. The maximum absolute atomic E-state index is 12.4. The van der Waals surface area contributed by atoms with E-state index in [1.165, 1.54) is 17.2 Å². The van der Waals surface area contributed by atoms with Crippen molar-refractivity contribution in [3.8, 4) is 5.75 Å². The molecular weight excluding hydrogens is 296 g/mol. The van der Waals surface area contributed by atoms with Crippen LogP contribution in [-0.2, 0) is 12.8 Å². The lowest BCUT2D eigenvalue weighted by molar-refractivity contribution is -0.0493. The van der Waals surface area contributed by atoms with Gasteiger partial charge in [-0.15, -0.1) is 0 Å². The monoisotopic (exact) mass is 309 g/mol. The van der Waals surface area contributed by atoms with Crippen molar-refractivity contribution in [1.29, 1.82) is 0 Å². The standard InChI is InChI=1S/C16H14ClF2NO/c17-12-6-5-10-8-13(9-11(10)7-12)20-14-3-1-2-4-15(14)21-16(18)19/h1-7,13,16,20H,8-9H2. The normalized spacial score (nSPS) is 16.9. The molecule has 1 atom stereocenters. The average Bonchev–Trinajstić information content (AvgIpc) is 2.82. The molecule has 0 aromatic heterocycles. The van der Waals surface area contributed by atoms with Gasteiger partial charge < -0.3 is 10.1 Å². The molecule has 21 heavy (non-hydrogen) atoms. The smallest absolute Gasteiger partial charge is 0.387 e. The van der Waals surface area contributed by atoms with E-state index < -0.39 is 6.61 Å². The van der Waals surface area contributed by atoms with Crippen LogP contribution in [0.4, 0.5) is 14.5 Å². The van der Waals surface area contributed by atoms with Crippen molar-refractivity contribution in [1.82, 2.24) is 0 Å². The van der Waals surface area contributed by atoms with Gasteiger partial charge in [-0.25, -0.2) is 0 Å². The molecular formula is C16H14ClF2NO. The highest BCUT2D eigenvalue weighted by atomic mass is 35.5. The fourth-order valence-corrected chi connectivity index (χ4v) is 2.89. The zero-order chi connectivity index (χ0) is 14.8. The van der Waals surface area contributed by atoms with Gasteiger partial charge in [-0.1, -0.05) is 29.8 Å². The number of ether oxygens (including phenoxy) is 1. The minimum Gasteiger partial charge on any atom is -0.433 e. The van der Waals surface area contributed by atoms with Crippen LogP contribution in [0.15, 0.2) is 42.5 Å². The molecule has 2 aromatic rings. The molecule has 3 rings (SSSR count). The Kier molecular flexibility index (Phi) is 3.97. The summed E-state index contributed by atoms with van der Waals surface area (Å²) in [4.78, 5) is 0. The fraction of sp³-hybridized carbons (Fsp3) is 0.250. The lowest BCUT2D eigenvalue weighted by Crippen LogP contribution is -2.20. The average molecular weight is 310 g/mol. The lowest BCUT2D eigenvalue weighted by atomic mass is 10.1. The zero-order valence-corrected chi connectivity index (χ0v) is 11.9. The van der Waals surface area contributed by atoms with Gasteiger partial charge in [0.15, 0.2) is 0 Å². The number of para-hydroxylation sites is 2. The molecule has 2 nitrogen and oxygen atoms in total. The number of nitrogens with one attached hydrogen (secondary N) is 1. The molecule has 1 N–H and O–H groups in total. The van der Waals surface area contributed by atoms with E-state index in [1.807, 2.05) is 18.2 Å². The molecule has 1 unspecified atom stereocenters. The molecule has 1 aliphatic rings. The van der Waals surface area contributed by atoms with Gasteiger partial charge in [-0.3, -0.25) is 0 Å². The van der Waals surface area contributed by atoms with Gasteiger partial charge in [0.2, 0.25) is 0 Å². The minimum absolute atomic E-state index is 0.154. The van der Waals surface area contributed by atoms with Crippen LogP contribution in [0.1, 0.15) is 11.1 Å². The summed E-state index contributed by atoms with van der Waals surface area (Å²) in [5.74, 6) is 0.168. The third kappa shape index (κ3) is 3.27. The van der Waals surface area contributed by atoms with Gasteiger partial charge in [0.25, 0.3) is 0 Å². The van der Waals surface area contributed by atoms with Crippen LogP contribution in [0.3, 0.4) is 0 Å².